The lowest BCUT2D eigenvalue weighted by Gasteiger charge is -2.06. The van der Waals surface area contributed by atoms with Crippen LogP contribution in [0.25, 0.3) is 0 Å². The maximum absolute atomic E-state index is 11.9. The summed E-state index contributed by atoms with van der Waals surface area (Å²) in [5.41, 5.74) is 3.17. The van der Waals surface area contributed by atoms with Crippen molar-refractivity contribution in [2.75, 3.05) is 6.61 Å². The van der Waals surface area contributed by atoms with Gasteiger partial charge in [-0.2, -0.15) is 5.10 Å². The van der Waals surface area contributed by atoms with Gasteiger partial charge < -0.3 is 4.74 Å². The zero-order chi connectivity index (χ0) is 15.4. The summed E-state index contributed by atoms with van der Waals surface area (Å²) in [4.78, 5) is 20.6. The van der Waals surface area contributed by atoms with Crippen LogP contribution in [0.4, 0.5) is 0 Å². The van der Waals surface area contributed by atoms with Gasteiger partial charge in [0.2, 0.25) is 0 Å². The van der Waals surface area contributed by atoms with Crippen molar-refractivity contribution in [2.24, 2.45) is 7.05 Å². The van der Waals surface area contributed by atoms with Crippen molar-refractivity contribution >= 4 is 17.7 Å². The molecule has 2 aromatic rings. The second-order valence-electron chi connectivity index (χ2n) is 4.57. The first-order valence-electron chi connectivity index (χ1n) is 6.64. The normalized spacial score (nSPS) is 10.7. The first-order chi connectivity index (χ1) is 10.0. The molecular formula is C14H18N4O2S. The molecule has 0 N–H and O–H groups in total. The molecule has 0 amide bonds. The summed E-state index contributed by atoms with van der Waals surface area (Å²) in [6.07, 6.45) is 1.54. The standard InChI is InChI=1S/C14H18N4O2S/c1-5-20-13(19)11-7-15-18(4)12(11)8-21-14-16-9(2)6-10(3)17-14/h6-7H,5,8H2,1-4H3. The third-order valence-electron chi connectivity index (χ3n) is 2.86. The first kappa shape index (κ1) is 15.5. The minimum atomic E-state index is -0.345. The van der Waals surface area contributed by atoms with Gasteiger partial charge in [-0.3, -0.25) is 4.68 Å². The monoisotopic (exact) mass is 306 g/mol. The Labute approximate surface area is 127 Å². The predicted molar refractivity (Wildman–Crippen MR) is 80.2 cm³/mol. The topological polar surface area (TPSA) is 69.9 Å². The molecule has 112 valence electrons. The van der Waals surface area contributed by atoms with Gasteiger partial charge in [0, 0.05) is 24.2 Å². The van der Waals surface area contributed by atoms with Crippen LogP contribution in [-0.4, -0.2) is 32.3 Å². The van der Waals surface area contributed by atoms with Gasteiger partial charge in [-0.05, 0) is 26.8 Å². The van der Waals surface area contributed by atoms with Crippen LogP contribution in [0.3, 0.4) is 0 Å². The average Bonchev–Trinajstić information content (AvgIpc) is 2.77. The largest absolute Gasteiger partial charge is 0.462 e. The molecule has 0 unspecified atom stereocenters. The summed E-state index contributed by atoms with van der Waals surface area (Å²) >= 11 is 1.48. The summed E-state index contributed by atoms with van der Waals surface area (Å²) in [5.74, 6) is 0.218. The summed E-state index contributed by atoms with van der Waals surface area (Å²) in [6, 6.07) is 1.93. The summed E-state index contributed by atoms with van der Waals surface area (Å²) in [5, 5.41) is 4.83. The molecule has 0 aliphatic rings. The number of hydrogen-bond donors (Lipinski definition) is 0. The molecule has 0 aliphatic heterocycles. The second kappa shape index (κ2) is 6.71. The maximum Gasteiger partial charge on any atom is 0.341 e. The van der Waals surface area contributed by atoms with Crippen molar-refractivity contribution in [1.29, 1.82) is 0 Å². The summed E-state index contributed by atoms with van der Waals surface area (Å²) < 4.78 is 6.72. The molecule has 0 aliphatic carbocycles. The molecule has 6 nitrogen and oxygen atoms in total. The van der Waals surface area contributed by atoms with Crippen molar-refractivity contribution in [3.8, 4) is 0 Å². The Bertz CT molecular complexity index is 634. The van der Waals surface area contributed by atoms with Crippen LogP contribution in [0, 0.1) is 13.8 Å². The van der Waals surface area contributed by atoms with E-state index >= 15 is 0 Å². The van der Waals surface area contributed by atoms with Gasteiger partial charge in [0.25, 0.3) is 0 Å². The van der Waals surface area contributed by atoms with Crippen molar-refractivity contribution < 1.29 is 9.53 Å². The van der Waals surface area contributed by atoms with E-state index in [2.05, 4.69) is 15.1 Å². The molecule has 0 aromatic carbocycles. The SMILES string of the molecule is CCOC(=O)c1cnn(C)c1CSc1nc(C)cc(C)n1. The predicted octanol–water partition coefficient (Wildman–Crippen LogP) is 2.30. The number of hydrogen-bond acceptors (Lipinski definition) is 6. The number of rotatable bonds is 5. The first-order valence-corrected chi connectivity index (χ1v) is 7.63. The third-order valence-corrected chi connectivity index (χ3v) is 3.72. The van der Waals surface area contributed by atoms with Gasteiger partial charge in [0.05, 0.1) is 18.5 Å². The Morgan fingerprint density at radius 2 is 2.00 bits per heavy atom. The number of nitrogens with zero attached hydrogens (tertiary/aromatic N) is 4. The number of aryl methyl sites for hydroxylation is 3. The Morgan fingerprint density at radius 3 is 2.62 bits per heavy atom. The van der Waals surface area contributed by atoms with Crippen LogP contribution in [0.15, 0.2) is 17.4 Å². The van der Waals surface area contributed by atoms with E-state index in [4.69, 9.17) is 4.74 Å². The molecule has 0 fully saturated rings. The fourth-order valence-electron chi connectivity index (χ4n) is 1.90. The Kier molecular flexibility index (Phi) is 4.95. The molecular weight excluding hydrogens is 288 g/mol. The second-order valence-corrected chi connectivity index (χ2v) is 5.51. The molecule has 0 bridgehead atoms. The van der Waals surface area contributed by atoms with Crippen LogP contribution in [0.5, 0.6) is 0 Å². The van der Waals surface area contributed by atoms with Crippen LogP contribution in [0.1, 0.15) is 34.4 Å². The van der Waals surface area contributed by atoms with Gasteiger partial charge in [0.15, 0.2) is 5.16 Å². The van der Waals surface area contributed by atoms with Gasteiger partial charge in [-0.15, -0.1) is 0 Å². The maximum atomic E-state index is 11.9. The van der Waals surface area contributed by atoms with Crippen LogP contribution in [0.2, 0.25) is 0 Å². The van der Waals surface area contributed by atoms with Crippen LogP contribution in [-0.2, 0) is 17.5 Å². The lowest BCUT2D eigenvalue weighted by atomic mass is 10.3. The van der Waals surface area contributed by atoms with E-state index in [-0.39, 0.29) is 5.97 Å². The van der Waals surface area contributed by atoms with Crippen molar-refractivity contribution in [1.82, 2.24) is 19.7 Å². The van der Waals surface area contributed by atoms with Gasteiger partial charge in [-0.1, -0.05) is 11.8 Å². The van der Waals surface area contributed by atoms with E-state index in [1.807, 2.05) is 19.9 Å². The molecule has 0 atom stereocenters. The highest BCUT2D eigenvalue weighted by Gasteiger charge is 2.17. The molecule has 21 heavy (non-hydrogen) atoms. The van der Waals surface area contributed by atoms with Crippen molar-refractivity contribution in [2.45, 2.75) is 31.7 Å². The summed E-state index contributed by atoms with van der Waals surface area (Å²) in [7, 11) is 1.81. The fourth-order valence-corrected chi connectivity index (χ4v) is 2.93. The minimum Gasteiger partial charge on any atom is -0.462 e. The van der Waals surface area contributed by atoms with Gasteiger partial charge >= 0.3 is 5.97 Å². The number of carbonyl (C=O) groups is 1. The zero-order valence-corrected chi connectivity index (χ0v) is 13.4. The lowest BCUT2D eigenvalue weighted by molar-refractivity contribution is 0.0525. The van der Waals surface area contributed by atoms with E-state index in [1.54, 1.807) is 18.7 Å². The Balaban J connectivity index is 2.16. The fraction of sp³-hybridized carbons (Fsp3) is 0.429. The van der Waals surface area contributed by atoms with Crippen LogP contribution < -0.4 is 0 Å². The van der Waals surface area contributed by atoms with E-state index in [1.165, 1.54) is 18.0 Å². The third kappa shape index (κ3) is 3.81. The smallest absolute Gasteiger partial charge is 0.341 e. The van der Waals surface area contributed by atoms with E-state index < -0.39 is 0 Å². The van der Waals surface area contributed by atoms with E-state index in [0.717, 1.165) is 17.1 Å². The van der Waals surface area contributed by atoms with Crippen LogP contribution >= 0.6 is 11.8 Å². The van der Waals surface area contributed by atoms with Gasteiger partial charge in [-0.25, -0.2) is 14.8 Å². The quantitative estimate of drug-likeness (QED) is 0.479. The van der Waals surface area contributed by atoms with Crippen molar-refractivity contribution in [3.05, 3.63) is 34.9 Å². The number of thioether (sulfide) groups is 1. The molecule has 2 rings (SSSR count). The highest BCUT2D eigenvalue weighted by atomic mass is 32.2. The molecule has 0 saturated carbocycles. The average molecular weight is 306 g/mol. The van der Waals surface area contributed by atoms with Crippen molar-refractivity contribution in [3.63, 3.8) is 0 Å². The molecule has 0 radical (unpaired) electrons. The lowest BCUT2D eigenvalue weighted by Crippen LogP contribution is -2.08. The van der Waals surface area contributed by atoms with Gasteiger partial charge in [0.1, 0.15) is 5.56 Å². The molecule has 0 spiro atoms. The molecule has 7 heteroatoms. The highest BCUT2D eigenvalue weighted by molar-refractivity contribution is 7.98. The minimum absolute atomic E-state index is 0.345. The molecule has 0 saturated heterocycles. The molecule has 2 heterocycles. The Morgan fingerprint density at radius 1 is 1.33 bits per heavy atom. The number of aromatic nitrogens is 4. The molecule has 2 aromatic heterocycles. The zero-order valence-electron chi connectivity index (χ0n) is 12.6. The van der Waals surface area contributed by atoms with E-state index in [0.29, 0.717) is 23.1 Å². The Hall–Kier alpha value is -1.89. The summed E-state index contributed by atoms with van der Waals surface area (Å²) in [6.45, 7) is 6.01. The van der Waals surface area contributed by atoms with E-state index in [9.17, 15) is 4.79 Å². The highest BCUT2D eigenvalue weighted by Crippen LogP contribution is 2.22. The number of ether oxygens (including phenoxy) is 1. The number of esters is 1. The number of carbonyl (C=O) groups excluding carboxylic acids is 1.